The van der Waals surface area contributed by atoms with Crippen LogP contribution >= 0.6 is 0 Å². The molecule has 0 saturated carbocycles. The molecule has 0 fully saturated rings. The molecule has 0 N–H and O–H groups in total. The molecular formula is C12H16FNO2S. The fourth-order valence-electron chi connectivity index (χ4n) is 1.28. The molecule has 0 aromatic heterocycles. The van der Waals surface area contributed by atoms with Crippen molar-refractivity contribution in [1.29, 1.82) is 0 Å². The van der Waals surface area contributed by atoms with E-state index in [0.29, 0.717) is 23.5 Å². The van der Waals surface area contributed by atoms with Crippen molar-refractivity contribution in [1.82, 2.24) is 4.90 Å². The molecule has 1 amide bonds. The number of amides is 1. The van der Waals surface area contributed by atoms with Crippen LogP contribution in [0.25, 0.3) is 0 Å². The lowest BCUT2D eigenvalue weighted by molar-refractivity contribution is -0.128. The molecule has 0 saturated heterocycles. The van der Waals surface area contributed by atoms with Crippen LogP contribution in [0.2, 0.25) is 0 Å². The van der Waals surface area contributed by atoms with Gasteiger partial charge in [0.05, 0.1) is 10.8 Å². The van der Waals surface area contributed by atoms with E-state index >= 15 is 0 Å². The van der Waals surface area contributed by atoms with Gasteiger partial charge < -0.3 is 4.90 Å². The van der Waals surface area contributed by atoms with Gasteiger partial charge in [-0.2, -0.15) is 0 Å². The maximum atomic E-state index is 12.6. The zero-order chi connectivity index (χ0) is 12.8. The van der Waals surface area contributed by atoms with E-state index in [-0.39, 0.29) is 11.7 Å². The molecule has 0 heterocycles. The lowest BCUT2D eigenvalue weighted by Crippen LogP contribution is -2.21. The summed E-state index contributed by atoms with van der Waals surface area (Å²) in [5, 5.41) is 0. The summed E-state index contributed by atoms with van der Waals surface area (Å²) in [5.74, 6) is 0.111. The Kier molecular flexibility index (Phi) is 5.28. The van der Waals surface area contributed by atoms with Gasteiger partial charge in [-0.3, -0.25) is 9.00 Å². The number of halogens is 1. The van der Waals surface area contributed by atoms with Crippen molar-refractivity contribution in [2.45, 2.75) is 17.7 Å². The summed E-state index contributed by atoms with van der Waals surface area (Å²) in [6.45, 7) is 0. The number of hydrogen-bond acceptors (Lipinski definition) is 2. The van der Waals surface area contributed by atoms with Gasteiger partial charge in [-0.1, -0.05) is 0 Å². The predicted molar refractivity (Wildman–Crippen MR) is 65.6 cm³/mol. The van der Waals surface area contributed by atoms with Crippen LogP contribution in [0.4, 0.5) is 4.39 Å². The largest absolute Gasteiger partial charge is 0.349 e. The highest BCUT2D eigenvalue weighted by Crippen LogP contribution is 2.09. The summed E-state index contributed by atoms with van der Waals surface area (Å²) in [4.78, 5) is 13.4. The van der Waals surface area contributed by atoms with Gasteiger partial charge in [0.2, 0.25) is 5.91 Å². The molecule has 94 valence electrons. The van der Waals surface area contributed by atoms with Gasteiger partial charge in [0.25, 0.3) is 0 Å². The van der Waals surface area contributed by atoms with Crippen LogP contribution in [0.15, 0.2) is 29.2 Å². The van der Waals surface area contributed by atoms with E-state index in [2.05, 4.69) is 0 Å². The van der Waals surface area contributed by atoms with E-state index in [1.54, 1.807) is 14.1 Å². The molecule has 5 heteroatoms. The lowest BCUT2D eigenvalue weighted by Gasteiger charge is -2.09. The number of carbonyl (C=O) groups is 1. The summed E-state index contributed by atoms with van der Waals surface area (Å²) in [6, 6.07) is 5.61. The number of carbonyl (C=O) groups excluding carboxylic acids is 1. The minimum atomic E-state index is -1.16. The van der Waals surface area contributed by atoms with E-state index in [1.165, 1.54) is 29.2 Å². The minimum absolute atomic E-state index is 0.0288. The van der Waals surface area contributed by atoms with Crippen LogP contribution < -0.4 is 0 Å². The Bertz CT molecular complexity index is 403. The molecule has 0 aliphatic rings. The van der Waals surface area contributed by atoms with Crippen molar-refractivity contribution in [2.24, 2.45) is 0 Å². The van der Waals surface area contributed by atoms with Crippen molar-refractivity contribution in [3.63, 3.8) is 0 Å². The monoisotopic (exact) mass is 257 g/mol. The number of benzene rings is 1. The van der Waals surface area contributed by atoms with Gasteiger partial charge >= 0.3 is 0 Å². The van der Waals surface area contributed by atoms with E-state index in [9.17, 15) is 13.4 Å². The van der Waals surface area contributed by atoms with Crippen LogP contribution in [0.1, 0.15) is 12.8 Å². The van der Waals surface area contributed by atoms with Crippen molar-refractivity contribution in [3.8, 4) is 0 Å². The third-order valence-electron chi connectivity index (χ3n) is 2.30. The average molecular weight is 257 g/mol. The van der Waals surface area contributed by atoms with Crippen molar-refractivity contribution >= 4 is 16.7 Å². The summed E-state index contributed by atoms with van der Waals surface area (Å²) >= 11 is 0. The first-order valence-corrected chi connectivity index (χ1v) is 6.66. The quantitative estimate of drug-likeness (QED) is 0.806. The Morgan fingerprint density at radius 2 is 1.88 bits per heavy atom. The lowest BCUT2D eigenvalue weighted by atomic mass is 10.3. The molecule has 1 rings (SSSR count). The molecule has 1 aromatic rings. The predicted octanol–water partition coefficient (Wildman–Crippen LogP) is 1.80. The summed E-state index contributed by atoms with van der Waals surface area (Å²) in [5.41, 5.74) is 0. The van der Waals surface area contributed by atoms with Gasteiger partial charge in [-0.05, 0) is 30.7 Å². The first kappa shape index (κ1) is 13.8. The van der Waals surface area contributed by atoms with Crippen molar-refractivity contribution < 1.29 is 13.4 Å². The highest BCUT2D eigenvalue weighted by Gasteiger charge is 2.07. The van der Waals surface area contributed by atoms with E-state index in [1.807, 2.05) is 0 Å². The second-order valence-corrected chi connectivity index (χ2v) is 5.47. The van der Waals surface area contributed by atoms with Crippen LogP contribution in [0.3, 0.4) is 0 Å². The topological polar surface area (TPSA) is 37.4 Å². The molecule has 0 aliphatic heterocycles. The van der Waals surface area contributed by atoms with Gasteiger partial charge in [-0.15, -0.1) is 0 Å². The third-order valence-corrected chi connectivity index (χ3v) is 3.75. The van der Waals surface area contributed by atoms with Gasteiger partial charge in [0.15, 0.2) is 0 Å². The molecular weight excluding hydrogens is 241 g/mol. The first-order chi connectivity index (χ1) is 8.00. The molecule has 17 heavy (non-hydrogen) atoms. The Morgan fingerprint density at radius 1 is 1.29 bits per heavy atom. The van der Waals surface area contributed by atoms with Crippen LogP contribution in [0.5, 0.6) is 0 Å². The normalized spacial score (nSPS) is 12.2. The molecule has 0 spiro atoms. The van der Waals surface area contributed by atoms with Crippen molar-refractivity contribution in [2.75, 3.05) is 19.8 Å². The zero-order valence-corrected chi connectivity index (χ0v) is 10.8. The number of nitrogens with zero attached hydrogens (tertiary/aromatic N) is 1. The summed E-state index contributed by atoms with van der Waals surface area (Å²) in [6.07, 6.45) is 0.959. The standard InChI is InChI=1S/C12H16FNO2S/c1-14(2)12(15)4-3-9-17(16)11-7-5-10(13)6-8-11/h5-8H,3-4,9H2,1-2H3. The molecule has 1 aromatic carbocycles. The Balaban J connectivity index is 2.40. The summed E-state index contributed by atoms with van der Waals surface area (Å²) < 4.78 is 24.4. The molecule has 0 aliphatic carbocycles. The van der Waals surface area contributed by atoms with E-state index < -0.39 is 10.8 Å². The number of hydrogen-bond donors (Lipinski definition) is 0. The Labute approximate surface area is 103 Å². The smallest absolute Gasteiger partial charge is 0.222 e. The molecule has 0 radical (unpaired) electrons. The Hall–Kier alpha value is -1.23. The first-order valence-electron chi connectivity index (χ1n) is 5.35. The summed E-state index contributed by atoms with van der Waals surface area (Å²) in [7, 11) is 2.23. The molecule has 1 atom stereocenters. The van der Waals surface area contributed by atoms with Gasteiger partial charge in [0, 0.05) is 31.2 Å². The van der Waals surface area contributed by atoms with Crippen LogP contribution in [-0.4, -0.2) is 34.9 Å². The van der Waals surface area contributed by atoms with E-state index in [4.69, 9.17) is 0 Å². The maximum Gasteiger partial charge on any atom is 0.222 e. The Morgan fingerprint density at radius 3 is 2.41 bits per heavy atom. The van der Waals surface area contributed by atoms with E-state index in [0.717, 1.165) is 0 Å². The molecule has 0 bridgehead atoms. The van der Waals surface area contributed by atoms with Crippen LogP contribution in [0, 0.1) is 5.82 Å². The van der Waals surface area contributed by atoms with Gasteiger partial charge in [0.1, 0.15) is 5.82 Å². The maximum absolute atomic E-state index is 12.6. The van der Waals surface area contributed by atoms with Crippen molar-refractivity contribution in [3.05, 3.63) is 30.1 Å². The molecule has 3 nitrogen and oxygen atoms in total. The average Bonchev–Trinajstić information content (AvgIpc) is 2.29. The highest BCUT2D eigenvalue weighted by molar-refractivity contribution is 7.85. The van der Waals surface area contributed by atoms with Crippen LogP contribution in [-0.2, 0) is 15.6 Å². The fraction of sp³-hybridized carbons (Fsp3) is 0.417. The van der Waals surface area contributed by atoms with Gasteiger partial charge in [-0.25, -0.2) is 4.39 Å². The SMILES string of the molecule is CN(C)C(=O)CCCS(=O)c1ccc(F)cc1. The second-order valence-electron chi connectivity index (χ2n) is 3.90. The third kappa shape index (κ3) is 4.65. The molecule has 1 unspecified atom stereocenters. The second kappa shape index (κ2) is 6.49. The highest BCUT2D eigenvalue weighted by atomic mass is 32.2. The fourth-order valence-corrected chi connectivity index (χ4v) is 2.36. The number of rotatable bonds is 5. The minimum Gasteiger partial charge on any atom is -0.349 e. The zero-order valence-electron chi connectivity index (χ0n) is 9.98.